The van der Waals surface area contributed by atoms with Crippen LogP contribution in [0.4, 0.5) is 0 Å². The Morgan fingerprint density at radius 3 is 3.08 bits per heavy atom. The summed E-state index contributed by atoms with van der Waals surface area (Å²) in [7, 11) is 0. The second-order valence-electron chi connectivity index (χ2n) is 2.34. The van der Waals surface area contributed by atoms with Crippen LogP contribution in [0.25, 0.3) is 6.08 Å². The van der Waals surface area contributed by atoms with Gasteiger partial charge >= 0.3 is 5.97 Å². The summed E-state index contributed by atoms with van der Waals surface area (Å²) in [4.78, 5) is 11.0. The quantitative estimate of drug-likeness (QED) is 0.561. The number of nitrogens with two attached hydrogens (primary N) is 1. The van der Waals surface area contributed by atoms with Crippen LogP contribution >= 0.6 is 0 Å². The average Bonchev–Trinajstić information content (AvgIpc) is 2.57. The first kappa shape index (κ1) is 9.38. The van der Waals surface area contributed by atoms with Crippen molar-refractivity contribution >= 4 is 12.0 Å². The molecule has 1 aromatic heterocycles. The van der Waals surface area contributed by atoms with Crippen LogP contribution in [-0.4, -0.2) is 12.6 Å². The number of rotatable bonds is 3. The molecule has 0 unspecified atom stereocenters. The number of furan rings is 1. The highest BCUT2D eigenvalue weighted by Gasteiger charge is 2.05. The van der Waals surface area contributed by atoms with Gasteiger partial charge in [0.15, 0.2) is 0 Å². The first-order valence-electron chi connectivity index (χ1n) is 3.92. The number of carbonyl (C=O) groups excluding carboxylic acids is 1. The first-order valence-corrected chi connectivity index (χ1v) is 3.92. The standard InChI is InChI=1S/C9H11NO3/c1-2-12-9(11)8(10)6-7-4-3-5-13-7/h3-6H,2,10H2,1H3/b8-6-. The zero-order valence-electron chi connectivity index (χ0n) is 7.32. The number of hydrogen-bond donors (Lipinski definition) is 1. The monoisotopic (exact) mass is 181 g/mol. The molecule has 70 valence electrons. The molecule has 0 amide bonds. The number of hydrogen-bond acceptors (Lipinski definition) is 4. The van der Waals surface area contributed by atoms with Crippen LogP contribution in [-0.2, 0) is 9.53 Å². The summed E-state index contributed by atoms with van der Waals surface area (Å²) in [5.74, 6) is 0.00412. The lowest BCUT2D eigenvalue weighted by Gasteiger charge is -1.99. The highest BCUT2D eigenvalue weighted by Crippen LogP contribution is 2.04. The zero-order chi connectivity index (χ0) is 9.68. The number of ether oxygens (including phenoxy) is 1. The third-order valence-corrected chi connectivity index (χ3v) is 1.35. The van der Waals surface area contributed by atoms with Gasteiger partial charge in [-0.1, -0.05) is 0 Å². The summed E-state index contributed by atoms with van der Waals surface area (Å²) in [6.45, 7) is 2.03. The Hall–Kier alpha value is -1.71. The second kappa shape index (κ2) is 4.35. The van der Waals surface area contributed by atoms with Gasteiger partial charge in [-0.25, -0.2) is 4.79 Å². The Kier molecular flexibility index (Phi) is 3.14. The molecule has 0 atom stereocenters. The van der Waals surface area contributed by atoms with Crippen molar-refractivity contribution in [3.05, 3.63) is 29.9 Å². The molecule has 0 aliphatic rings. The number of esters is 1. The topological polar surface area (TPSA) is 65.5 Å². The molecule has 2 N–H and O–H groups in total. The van der Waals surface area contributed by atoms with Crippen LogP contribution in [0, 0.1) is 0 Å². The first-order chi connectivity index (χ1) is 6.24. The summed E-state index contributed by atoms with van der Waals surface area (Å²) in [5, 5.41) is 0. The highest BCUT2D eigenvalue weighted by molar-refractivity contribution is 5.92. The van der Waals surface area contributed by atoms with Gasteiger partial charge in [-0.05, 0) is 19.1 Å². The lowest BCUT2D eigenvalue weighted by Crippen LogP contribution is -2.14. The van der Waals surface area contributed by atoms with Gasteiger partial charge in [-0.2, -0.15) is 0 Å². The maximum atomic E-state index is 11.0. The molecule has 0 spiro atoms. The van der Waals surface area contributed by atoms with Crippen LogP contribution in [0.3, 0.4) is 0 Å². The van der Waals surface area contributed by atoms with Crippen molar-refractivity contribution in [2.45, 2.75) is 6.92 Å². The van der Waals surface area contributed by atoms with Gasteiger partial charge in [-0.3, -0.25) is 0 Å². The summed E-state index contributed by atoms with van der Waals surface area (Å²) >= 11 is 0. The molecular weight excluding hydrogens is 170 g/mol. The Bertz CT molecular complexity index is 301. The van der Waals surface area contributed by atoms with Crippen molar-refractivity contribution in [1.29, 1.82) is 0 Å². The largest absolute Gasteiger partial charge is 0.465 e. The predicted octanol–water partition coefficient (Wildman–Crippen LogP) is 1.14. The molecule has 0 radical (unpaired) electrons. The fraction of sp³-hybridized carbons (Fsp3) is 0.222. The van der Waals surface area contributed by atoms with Crippen LogP contribution < -0.4 is 5.73 Å². The lowest BCUT2D eigenvalue weighted by molar-refractivity contribution is -0.138. The van der Waals surface area contributed by atoms with E-state index in [2.05, 4.69) is 4.74 Å². The van der Waals surface area contributed by atoms with Crippen molar-refractivity contribution in [2.75, 3.05) is 6.61 Å². The van der Waals surface area contributed by atoms with E-state index in [1.807, 2.05) is 0 Å². The minimum Gasteiger partial charge on any atom is -0.465 e. The molecule has 0 saturated heterocycles. The zero-order valence-corrected chi connectivity index (χ0v) is 7.32. The van der Waals surface area contributed by atoms with Gasteiger partial charge in [0.05, 0.1) is 12.9 Å². The average molecular weight is 181 g/mol. The van der Waals surface area contributed by atoms with Gasteiger partial charge in [-0.15, -0.1) is 0 Å². The van der Waals surface area contributed by atoms with E-state index in [-0.39, 0.29) is 5.70 Å². The molecule has 0 bridgehead atoms. The Balaban J connectivity index is 2.66. The molecule has 0 saturated carbocycles. The Morgan fingerprint density at radius 2 is 2.54 bits per heavy atom. The summed E-state index contributed by atoms with van der Waals surface area (Å²) in [6.07, 6.45) is 2.93. The molecule has 13 heavy (non-hydrogen) atoms. The van der Waals surface area contributed by atoms with Crippen LogP contribution in [0.2, 0.25) is 0 Å². The van der Waals surface area contributed by atoms with Gasteiger partial charge in [0.25, 0.3) is 0 Å². The molecule has 0 aliphatic heterocycles. The predicted molar refractivity (Wildman–Crippen MR) is 47.5 cm³/mol. The summed E-state index contributed by atoms with van der Waals surface area (Å²) in [5.41, 5.74) is 5.46. The van der Waals surface area contributed by atoms with Gasteiger partial charge in [0.1, 0.15) is 11.5 Å². The van der Waals surface area contributed by atoms with E-state index in [0.717, 1.165) is 0 Å². The molecule has 0 aromatic carbocycles. The van der Waals surface area contributed by atoms with E-state index in [0.29, 0.717) is 12.4 Å². The molecule has 4 nitrogen and oxygen atoms in total. The van der Waals surface area contributed by atoms with Crippen LogP contribution in [0.15, 0.2) is 28.5 Å². The highest BCUT2D eigenvalue weighted by atomic mass is 16.5. The van der Waals surface area contributed by atoms with Crippen molar-refractivity contribution in [3.63, 3.8) is 0 Å². The molecule has 1 rings (SSSR count). The van der Waals surface area contributed by atoms with Crippen LogP contribution in [0.5, 0.6) is 0 Å². The molecule has 4 heteroatoms. The Morgan fingerprint density at radius 1 is 1.77 bits per heavy atom. The fourth-order valence-corrected chi connectivity index (χ4v) is 0.800. The third kappa shape index (κ3) is 2.66. The van der Waals surface area contributed by atoms with Crippen molar-refractivity contribution < 1.29 is 13.9 Å². The molecule has 0 aliphatic carbocycles. The minimum absolute atomic E-state index is 0.0387. The fourth-order valence-electron chi connectivity index (χ4n) is 0.800. The second-order valence-corrected chi connectivity index (χ2v) is 2.34. The van der Waals surface area contributed by atoms with Gasteiger partial charge < -0.3 is 14.9 Å². The summed E-state index contributed by atoms with van der Waals surface area (Å²) in [6, 6.07) is 3.41. The van der Waals surface area contributed by atoms with Crippen LogP contribution in [0.1, 0.15) is 12.7 Å². The maximum Gasteiger partial charge on any atom is 0.354 e. The summed E-state index contributed by atoms with van der Waals surface area (Å²) < 4.78 is 9.65. The minimum atomic E-state index is -0.529. The maximum absolute atomic E-state index is 11.0. The SMILES string of the molecule is CCOC(=O)/C(N)=C/c1ccco1. The lowest BCUT2D eigenvalue weighted by atomic mass is 10.3. The van der Waals surface area contributed by atoms with Crippen molar-refractivity contribution in [3.8, 4) is 0 Å². The number of carbonyl (C=O) groups is 1. The van der Waals surface area contributed by atoms with Crippen molar-refractivity contribution in [2.24, 2.45) is 5.73 Å². The van der Waals surface area contributed by atoms with E-state index in [1.54, 1.807) is 19.1 Å². The van der Waals surface area contributed by atoms with E-state index >= 15 is 0 Å². The normalized spacial score (nSPS) is 11.3. The molecule has 1 heterocycles. The molecule has 1 aromatic rings. The van der Waals surface area contributed by atoms with E-state index in [9.17, 15) is 4.79 Å². The Labute approximate surface area is 76.0 Å². The molecular formula is C9H11NO3. The third-order valence-electron chi connectivity index (χ3n) is 1.35. The van der Waals surface area contributed by atoms with E-state index in [4.69, 9.17) is 10.2 Å². The van der Waals surface area contributed by atoms with Gasteiger partial charge in [0.2, 0.25) is 0 Å². The van der Waals surface area contributed by atoms with E-state index < -0.39 is 5.97 Å². The van der Waals surface area contributed by atoms with Crippen molar-refractivity contribution in [1.82, 2.24) is 0 Å². The van der Waals surface area contributed by atoms with E-state index in [1.165, 1.54) is 12.3 Å². The smallest absolute Gasteiger partial charge is 0.354 e. The van der Waals surface area contributed by atoms with Gasteiger partial charge in [0, 0.05) is 6.08 Å². The molecule has 0 fully saturated rings.